The zero-order valence-electron chi connectivity index (χ0n) is 21.4. The number of thioether (sulfide) groups is 1. The number of benzene rings is 3. The molecular formula is C30H34Cl2N2O2S. The second-order valence-electron chi connectivity index (χ2n) is 9.05. The van der Waals surface area contributed by atoms with Gasteiger partial charge in [-0.15, -0.1) is 11.8 Å². The van der Waals surface area contributed by atoms with Crippen molar-refractivity contribution in [3.63, 3.8) is 0 Å². The quantitative estimate of drug-likeness (QED) is 0.228. The van der Waals surface area contributed by atoms with Crippen LogP contribution in [-0.4, -0.2) is 35.1 Å². The molecule has 0 saturated carbocycles. The van der Waals surface area contributed by atoms with E-state index < -0.39 is 6.04 Å². The second kappa shape index (κ2) is 15.1. The Kier molecular flexibility index (Phi) is 11.8. The number of carbonyl (C=O) groups excluding carboxylic acids is 2. The van der Waals surface area contributed by atoms with Crippen LogP contribution in [0.4, 0.5) is 0 Å². The van der Waals surface area contributed by atoms with Crippen LogP contribution in [0.2, 0.25) is 10.0 Å². The summed E-state index contributed by atoms with van der Waals surface area (Å²) in [4.78, 5) is 28.9. The van der Waals surface area contributed by atoms with Gasteiger partial charge in [-0.05, 0) is 36.6 Å². The lowest BCUT2D eigenvalue weighted by atomic mass is 10.0. The third-order valence-corrected chi connectivity index (χ3v) is 7.76. The van der Waals surface area contributed by atoms with Crippen LogP contribution in [0.5, 0.6) is 0 Å². The van der Waals surface area contributed by atoms with Crippen LogP contribution in [0.25, 0.3) is 0 Å². The summed E-state index contributed by atoms with van der Waals surface area (Å²) in [6.07, 6.45) is 2.24. The van der Waals surface area contributed by atoms with Crippen molar-refractivity contribution >= 4 is 46.8 Å². The number of aryl methyl sites for hydroxylation is 1. The molecule has 0 saturated heterocycles. The Bertz CT molecular complexity index is 1150. The number of carbonyl (C=O) groups is 2. The molecule has 3 rings (SSSR count). The molecule has 3 aromatic carbocycles. The Morgan fingerprint density at radius 3 is 2.30 bits per heavy atom. The molecule has 37 heavy (non-hydrogen) atoms. The highest BCUT2D eigenvalue weighted by atomic mass is 35.5. The first-order valence-corrected chi connectivity index (χ1v) is 14.5. The van der Waals surface area contributed by atoms with E-state index >= 15 is 0 Å². The summed E-state index contributed by atoms with van der Waals surface area (Å²) < 4.78 is 0. The number of nitrogens with zero attached hydrogens (tertiary/aromatic N) is 1. The van der Waals surface area contributed by atoms with Gasteiger partial charge in [0, 0.05) is 40.9 Å². The molecule has 4 nitrogen and oxygen atoms in total. The molecule has 3 aromatic rings. The SMILES string of the molecule is CCCCNC(=O)C(Cc1ccccc1)N(Cc1c(Cl)cccc1Cl)C(=O)CSCc1cccc(C)c1. The lowest BCUT2D eigenvalue weighted by Crippen LogP contribution is -2.51. The van der Waals surface area contributed by atoms with Crippen molar-refractivity contribution in [3.05, 3.63) is 105 Å². The molecule has 0 aliphatic carbocycles. The van der Waals surface area contributed by atoms with E-state index in [1.165, 1.54) is 17.3 Å². The zero-order valence-corrected chi connectivity index (χ0v) is 23.7. The van der Waals surface area contributed by atoms with E-state index in [0.717, 1.165) is 24.0 Å². The topological polar surface area (TPSA) is 49.4 Å². The van der Waals surface area contributed by atoms with E-state index in [4.69, 9.17) is 23.2 Å². The van der Waals surface area contributed by atoms with Gasteiger partial charge < -0.3 is 10.2 Å². The standard InChI is InChI=1S/C30H34Cl2N2O2S/c1-3-4-16-33-30(36)28(18-23-11-6-5-7-12-23)34(19-25-26(31)14-9-15-27(25)32)29(35)21-37-20-24-13-8-10-22(2)17-24/h5-15,17,28H,3-4,16,18-21H2,1-2H3,(H,33,36). The van der Waals surface area contributed by atoms with Gasteiger partial charge in [0.2, 0.25) is 11.8 Å². The number of halogens is 2. The number of amides is 2. The van der Waals surface area contributed by atoms with Gasteiger partial charge in [0.25, 0.3) is 0 Å². The summed E-state index contributed by atoms with van der Waals surface area (Å²) in [5.41, 5.74) is 3.97. The van der Waals surface area contributed by atoms with E-state index in [1.54, 1.807) is 23.1 Å². The van der Waals surface area contributed by atoms with E-state index in [2.05, 4.69) is 37.4 Å². The van der Waals surface area contributed by atoms with E-state index in [1.807, 2.05) is 36.4 Å². The fourth-order valence-corrected chi connectivity index (χ4v) is 5.43. The third kappa shape index (κ3) is 9.10. The van der Waals surface area contributed by atoms with Gasteiger partial charge in [-0.3, -0.25) is 9.59 Å². The minimum Gasteiger partial charge on any atom is -0.354 e. The van der Waals surface area contributed by atoms with Crippen LogP contribution in [-0.2, 0) is 28.3 Å². The first-order valence-electron chi connectivity index (χ1n) is 12.6. The molecule has 1 N–H and O–H groups in total. The molecule has 0 spiro atoms. The van der Waals surface area contributed by atoms with Crippen LogP contribution in [0.15, 0.2) is 72.8 Å². The predicted octanol–water partition coefficient (Wildman–Crippen LogP) is 7.09. The fraction of sp³-hybridized carbons (Fsp3) is 0.333. The summed E-state index contributed by atoms with van der Waals surface area (Å²) in [5, 5.41) is 3.99. The molecule has 0 aliphatic rings. The summed E-state index contributed by atoms with van der Waals surface area (Å²) in [7, 11) is 0. The molecule has 0 aliphatic heterocycles. The van der Waals surface area contributed by atoms with Gasteiger partial charge in [-0.1, -0.05) is 103 Å². The zero-order chi connectivity index (χ0) is 26.6. The summed E-state index contributed by atoms with van der Waals surface area (Å²) in [5.74, 6) is 0.654. The maximum absolute atomic E-state index is 13.7. The molecule has 0 heterocycles. The molecule has 2 amide bonds. The molecule has 0 bridgehead atoms. The van der Waals surface area contributed by atoms with Crippen molar-refractivity contribution in [1.29, 1.82) is 0 Å². The third-order valence-electron chi connectivity index (χ3n) is 6.07. The van der Waals surface area contributed by atoms with E-state index in [9.17, 15) is 9.59 Å². The Labute approximate surface area is 234 Å². The number of hydrogen-bond acceptors (Lipinski definition) is 3. The number of hydrogen-bond donors (Lipinski definition) is 1. The first kappa shape index (κ1) is 29.1. The Morgan fingerprint density at radius 1 is 0.946 bits per heavy atom. The van der Waals surface area contributed by atoms with Crippen molar-refractivity contribution in [2.75, 3.05) is 12.3 Å². The van der Waals surface area contributed by atoms with Gasteiger partial charge in [-0.2, -0.15) is 0 Å². The second-order valence-corrected chi connectivity index (χ2v) is 10.9. The van der Waals surface area contributed by atoms with Crippen molar-refractivity contribution in [2.45, 2.75) is 51.4 Å². The van der Waals surface area contributed by atoms with Gasteiger partial charge in [0.1, 0.15) is 6.04 Å². The van der Waals surface area contributed by atoms with Gasteiger partial charge >= 0.3 is 0 Å². The van der Waals surface area contributed by atoms with Gasteiger partial charge in [-0.25, -0.2) is 0 Å². The maximum Gasteiger partial charge on any atom is 0.243 e. The highest BCUT2D eigenvalue weighted by Crippen LogP contribution is 2.28. The molecule has 196 valence electrons. The van der Waals surface area contributed by atoms with Crippen LogP contribution >= 0.6 is 35.0 Å². The summed E-state index contributed by atoms with van der Waals surface area (Å²) >= 11 is 14.5. The highest BCUT2D eigenvalue weighted by Gasteiger charge is 2.31. The van der Waals surface area contributed by atoms with Crippen molar-refractivity contribution in [1.82, 2.24) is 10.2 Å². The van der Waals surface area contributed by atoms with Gasteiger partial charge in [0.05, 0.1) is 5.75 Å². The monoisotopic (exact) mass is 556 g/mol. The Morgan fingerprint density at radius 2 is 1.62 bits per heavy atom. The van der Waals surface area contributed by atoms with Crippen molar-refractivity contribution in [2.24, 2.45) is 0 Å². The first-order chi connectivity index (χ1) is 17.9. The molecule has 0 aromatic heterocycles. The largest absolute Gasteiger partial charge is 0.354 e. The summed E-state index contributed by atoms with van der Waals surface area (Å²) in [6.45, 7) is 4.85. The average Bonchev–Trinajstić information content (AvgIpc) is 2.88. The maximum atomic E-state index is 13.7. The van der Waals surface area contributed by atoms with E-state index in [0.29, 0.717) is 34.3 Å². The fourth-order valence-electron chi connectivity index (χ4n) is 4.05. The lowest BCUT2D eigenvalue weighted by Gasteiger charge is -2.32. The highest BCUT2D eigenvalue weighted by molar-refractivity contribution is 7.99. The molecular weight excluding hydrogens is 523 g/mol. The minimum atomic E-state index is -0.696. The van der Waals surface area contributed by atoms with Gasteiger partial charge in [0.15, 0.2) is 0 Å². The van der Waals surface area contributed by atoms with Crippen molar-refractivity contribution in [3.8, 4) is 0 Å². The smallest absolute Gasteiger partial charge is 0.243 e. The van der Waals surface area contributed by atoms with E-state index in [-0.39, 0.29) is 24.1 Å². The van der Waals surface area contributed by atoms with Crippen molar-refractivity contribution < 1.29 is 9.59 Å². The minimum absolute atomic E-state index is 0.125. The summed E-state index contributed by atoms with van der Waals surface area (Å²) in [6, 6.07) is 22.6. The van der Waals surface area contributed by atoms with Crippen LogP contribution in [0.1, 0.15) is 42.0 Å². The number of rotatable bonds is 13. The molecule has 0 radical (unpaired) electrons. The predicted molar refractivity (Wildman–Crippen MR) is 156 cm³/mol. The Balaban J connectivity index is 1.88. The molecule has 7 heteroatoms. The lowest BCUT2D eigenvalue weighted by molar-refractivity contribution is -0.139. The van der Waals surface area contributed by atoms with Crippen LogP contribution in [0.3, 0.4) is 0 Å². The Hall–Kier alpha value is -2.47. The van der Waals surface area contributed by atoms with Crippen LogP contribution < -0.4 is 5.32 Å². The van der Waals surface area contributed by atoms with Crippen LogP contribution in [0, 0.1) is 6.92 Å². The average molecular weight is 558 g/mol. The number of unbranched alkanes of at least 4 members (excludes halogenated alkanes) is 1. The molecule has 1 unspecified atom stereocenters. The normalized spacial score (nSPS) is 11.7. The molecule has 1 atom stereocenters. The molecule has 0 fully saturated rings. The number of nitrogens with one attached hydrogen (secondary N) is 1.